The first-order valence-electron chi connectivity index (χ1n) is 16.0. The third-order valence-corrected chi connectivity index (χ3v) is 8.38. The van der Waals surface area contributed by atoms with Crippen LogP contribution in [0, 0.1) is 19.8 Å². The van der Waals surface area contributed by atoms with Gasteiger partial charge in [0.25, 0.3) is 0 Å². The van der Waals surface area contributed by atoms with Crippen molar-refractivity contribution in [3.05, 3.63) is 119 Å². The number of methoxy groups -OCH3 is 2. The number of amides is 1. The van der Waals surface area contributed by atoms with Gasteiger partial charge in [0.2, 0.25) is 15.9 Å². The third-order valence-electron chi connectivity index (χ3n) is 6.91. The maximum Gasteiger partial charge on any atom is 0.240 e. The van der Waals surface area contributed by atoms with E-state index in [0.29, 0.717) is 24.7 Å². The number of rotatable bonds is 13. The molecular weight excluding hydrogens is 671 g/mol. The highest BCUT2D eigenvalue weighted by Gasteiger charge is 2.20. The van der Waals surface area contributed by atoms with Crippen LogP contribution >= 0.6 is 0 Å². The molecule has 11 nitrogen and oxygen atoms in total. The minimum atomic E-state index is -3.66. The Morgan fingerprint density at radius 3 is 1.82 bits per heavy atom. The van der Waals surface area contributed by atoms with Crippen LogP contribution in [0.1, 0.15) is 36.1 Å². The summed E-state index contributed by atoms with van der Waals surface area (Å²) in [4.78, 5) is 30.7. The summed E-state index contributed by atoms with van der Waals surface area (Å²) in [6.07, 6.45) is 0. The molecule has 0 bridgehead atoms. The van der Waals surface area contributed by atoms with E-state index in [9.17, 15) is 13.2 Å². The molecule has 278 valence electrons. The number of hydrogen-bond acceptors (Lipinski definition) is 9. The van der Waals surface area contributed by atoms with Gasteiger partial charge in [-0.1, -0.05) is 85.6 Å². The molecule has 12 heteroatoms. The van der Waals surface area contributed by atoms with E-state index in [1.807, 2.05) is 107 Å². The summed E-state index contributed by atoms with van der Waals surface area (Å²) in [6, 6.07) is 30.0. The molecule has 4 aromatic carbocycles. The molecule has 0 aliphatic heterocycles. The molecule has 0 spiro atoms. The van der Waals surface area contributed by atoms with Crippen LogP contribution in [0.15, 0.2) is 102 Å². The number of ether oxygens (including phenoxy) is 3. The van der Waals surface area contributed by atoms with Gasteiger partial charge in [-0.15, -0.1) is 0 Å². The lowest BCUT2D eigenvalue weighted by atomic mass is 10.1. The molecule has 0 radical (unpaired) electrons. The largest absolute Gasteiger partial charge is 0.497 e. The summed E-state index contributed by atoms with van der Waals surface area (Å²) in [7, 11) is 1.08. The second-order valence-corrected chi connectivity index (χ2v) is 12.7. The van der Waals surface area contributed by atoms with Gasteiger partial charge in [0, 0.05) is 25.6 Å². The Morgan fingerprint density at radius 1 is 0.765 bits per heavy atom. The van der Waals surface area contributed by atoms with Crippen molar-refractivity contribution in [1.82, 2.24) is 9.62 Å². The van der Waals surface area contributed by atoms with E-state index in [0.717, 1.165) is 22.4 Å². The van der Waals surface area contributed by atoms with Crippen molar-refractivity contribution in [3.8, 4) is 17.2 Å². The summed E-state index contributed by atoms with van der Waals surface area (Å²) >= 11 is 0. The van der Waals surface area contributed by atoms with Crippen LogP contribution in [0.4, 0.5) is 0 Å². The zero-order chi connectivity index (χ0) is 38.8. The fourth-order valence-corrected chi connectivity index (χ4v) is 5.33. The zero-order valence-corrected chi connectivity index (χ0v) is 31.6. The smallest absolute Gasteiger partial charge is 0.240 e. The Kier molecular flexibility index (Phi) is 23.3. The molecule has 1 amide bonds. The molecule has 4 aromatic rings. The van der Waals surface area contributed by atoms with Crippen molar-refractivity contribution in [1.29, 1.82) is 0 Å². The van der Waals surface area contributed by atoms with Gasteiger partial charge in [0.15, 0.2) is 11.5 Å². The van der Waals surface area contributed by atoms with Crippen LogP contribution in [0.2, 0.25) is 0 Å². The highest BCUT2D eigenvalue weighted by molar-refractivity contribution is 7.89. The highest BCUT2D eigenvalue weighted by Crippen LogP contribution is 2.29. The van der Waals surface area contributed by atoms with Crippen LogP contribution in [0.25, 0.3) is 0 Å². The number of hydrogen-bond donors (Lipinski definition) is 2. The van der Waals surface area contributed by atoms with Crippen molar-refractivity contribution in [3.63, 3.8) is 0 Å². The molecule has 3 N–H and O–H groups in total. The van der Waals surface area contributed by atoms with E-state index in [2.05, 4.69) is 17.4 Å². The maximum atomic E-state index is 12.9. The molecule has 0 saturated carbocycles. The lowest BCUT2D eigenvalue weighted by Crippen LogP contribution is -2.40. The lowest BCUT2D eigenvalue weighted by molar-refractivity contribution is -0.135. The minimum absolute atomic E-state index is 0.0621. The Balaban J connectivity index is 0.00000140. The minimum Gasteiger partial charge on any atom is -0.497 e. The molecule has 0 fully saturated rings. The van der Waals surface area contributed by atoms with Crippen LogP contribution in [-0.2, 0) is 37.6 Å². The number of aryl methyl sites for hydroxylation is 2. The van der Waals surface area contributed by atoms with Crippen LogP contribution in [-0.4, -0.2) is 67.2 Å². The van der Waals surface area contributed by atoms with Crippen molar-refractivity contribution >= 4 is 29.5 Å². The summed E-state index contributed by atoms with van der Waals surface area (Å²) in [5.74, 6) is 1.81. The number of sulfonamides is 1. The number of carbonyl (C=O) groups is 3. The van der Waals surface area contributed by atoms with Gasteiger partial charge in [-0.2, -0.15) is 0 Å². The van der Waals surface area contributed by atoms with Gasteiger partial charge in [-0.25, -0.2) is 13.1 Å². The number of nitrogens with two attached hydrogens (primary N) is 1. The second kappa shape index (κ2) is 25.9. The van der Waals surface area contributed by atoms with E-state index < -0.39 is 10.0 Å². The van der Waals surface area contributed by atoms with Crippen LogP contribution in [0.5, 0.6) is 17.2 Å². The topological polar surface area (TPSA) is 154 Å². The van der Waals surface area contributed by atoms with Gasteiger partial charge in [-0.3, -0.25) is 4.79 Å². The van der Waals surface area contributed by atoms with E-state index in [1.165, 1.54) is 12.6 Å². The molecule has 0 atom stereocenters. The first-order valence-corrected chi connectivity index (χ1v) is 17.5. The predicted molar refractivity (Wildman–Crippen MR) is 202 cm³/mol. The quantitative estimate of drug-likeness (QED) is 0.175. The summed E-state index contributed by atoms with van der Waals surface area (Å²) in [5, 5.41) is 0. The molecule has 0 aromatic heterocycles. The van der Waals surface area contributed by atoms with Crippen molar-refractivity contribution in [2.24, 2.45) is 11.7 Å². The van der Waals surface area contributed by atoms with Crippen LogP contribution < -0.4 is 24.7 Å². The SMILES string of the molecule is C=O.C=O.CN.COc1cc(CN(CCNS(=O)(=O)c2ccc(C)cc2)C(=O)C(C)C)ccc1OCc1ccccc1.COc1ccc(C)cc1. The number of nitrogens with zero attached hydrogens (tertiary/aromatic N) is 1. The number of nitrogens with one attached hydrogen (secondary N) is 1. The predicted octanol–water partition coefficient (Wildman–Crippen LogP) is 5.75. The highest BCUT2D eigenvalue weighted by atomic mass is 32.2. The molecule has 4 rings (SSSR count). The van der Waals surface area contributed by atoms with E-state index in [1.54, 1.807) is 43.4 Å². The zero-order valence-electron chi connectivity index (χ0n) is 30.8. The Labute approximate surface area is 303 Å². The van der Waals surface area contributed by atoms with Crippen molar-refractivity contribution in [2.75, 3.05) is 34.4 Å². The van der Waals surface area contributed by atoms with Crippen LogP contribution in [0.3, 0.4) is 0 Å². The molecule has 0 heterocycles. The Bertz CT molecular complexity index is 1630. The van der Waals surface area contributed by atoms with Gasteiger partial charge in [0.1, 0.15) is 25.9 Å². The number of benzene rings is 4. The van der Waals surface area contributed by atoms with E-state index >= 15 is 0 Å². The molecule has 0 aliphatic rings. The summed E-state index contributed by atoms with van der Waals surface area (Å²) in [5.41, 5.74) is 8.64. The maximum absolute atomic E-state index is 12.9. The number of carbonyl (C=O) groups excluding carboxylic acids is 3. The van der Waals surface area contributed by atoms with Gasteiger partial charge in [0.05, 0.1) is 19.1 Å². The summed E-state index contributed by atoms with van der Waals surface area (Å²) in [6.45, 7) is 12.7. The van der Waals surface area contributed by atoms with Crippen molar-refractivity contribution < 1.29 is 37.0 Å². The standard InChI is InChI=1S/C28H34N2O5S.C8H10O.CH5N.2CH2O/c1-21(2)28(31)30(17-16-29-36(32,33)25-13-10-22(3)11-14-25)19-24-12-15-26(27(18-24)34-4)35-20-23-8-6-5-7-9-23;1-7-3-5-8(9-2)6-4-7;3*1-2/h5-15,18,21,29H,16-17,19-20H2,1-4H3;3-6H,1-2H3;2H2,1H3;2*1H2. The molecular formula is C39H53N3O8S. The Hall–Kier alpha value is -5.04. The van der Waals surface area contributed by atoms with Gasteiger partial charge in [-0.05, 0) is 68.4 Å². The fourth-order valence-electron chi connectivity index (χ4n) is 4.31. The third kappa shape index (κ3) is 17.0. The normalized spacial score (nSPS) is 9.90. The first kappa shape index (κ1) is 46.0. The monoisotopic (exact) mass is 723 g/mol. The average molecular weight is 724 g/mol. The first-order chi connectivity index (χ1) is 24.5. The average Bonchev–Trinajstić information content (AvgIpc) is 3.17. The molecule has 0 unspecified atom stereocenters. The van der Waals surface area contributed by atoms with E-state index in [-0.39, 0.29) is 29.8 Å². The Morgan fingerprint density at radius 2 is 1.31 bits per heavy atom. The van der Waals surface area contributed by atoms with Gasteiger partial charge < -0.3 is 34.4 Å². The molecule has 0 aliphatic carbocycles. The molecule has 0 saturated heterocycles. The second-order valence-electron chi connectivity index (χ2n) is 10.9. The summed E-state index contributed by atoms with van der Waals surface area (Å²) < 4.78 is 44.3. The lowest BCUT2D eigenvalue weighted by Gasteiger charge is -2.25. The van der Waals surface area contributed by atoms with Gasteiger partial charge >= 0.3 is 0 Å². The van der Waals surface area contributed by atoms with Crippen molar-refractivity contribution in [2.45, 2.75) is 45.7 Å². The molecule has 51 heavy (non-hydrogen) atoms. The fraction of sp³-hybridized carbons (Fsp3) is 0.308. The van der Waals surface area contributed by atoms with E-state index in [4.69, 9.17) is 23.8 Å².